The molecule has 1 heterocycles. The second kappa shape index (κ2) is 7.63. The summed E-state index contributed by atoms with van der Waals surface area (Å²) in [5.74, 6) is -0.374. The van der Waals surface area contributed by atoms with E-state index in [4.69, 9.17) is 5.11 Å². The molecule has 0 spiro atoms. The van der Waals surface area contributed by atoms with Crippen LogP contribution in [0.15, 0.2) is 18.3 Å². The Morgan fingerprint density at radius 3 is 2.84 bits per heavy atom. The van der Waals surface area contributed by atoms with Gasteiger partial charge in [0.25, 0.3) is 5.91 Å². The largest absolute Gasteiger partial charge is 0.480 e. The van der Waals surface area contributed by atoms with Gasteiger partial charge < -0.3 is 15.7 Å². The molecule has 0 unspecified atom stereocenters. The van der Waals surface area contributed by atoms with Crippen LogP contribution in [0.4, 0.5) is 5.82 Å². The maximum Gasteiger partial charge on any atom is 0.326 e. The highest BCUT2D eigenvalue weighted by Crippen LogP contribution is 2.11. The lowest BCUT2D eigenvalue weighted by Crippen LogP contribution is -2.41. The van der Waals surface area contributed by atoms with E-state index in [1.54, 1.807) is 25.4 Å². The van der Waals surface area contributed by atoms with Gasteiger partial charge in [0.15, 0.2) is 0 Å². The Morgan fingerprint density at radius 2 is 2.26 bits per heavy atom. The van der Waals surface area contributed by atoms with E-state index in [9.17, 15) is 9.59 Å². The van der Waals surface area contributed by atoms with Crippen molar-refractivity contribution in [3.8, 4) is 0 Å². The van der Waals surface area contributed by atoms with Gasteiger partial charge in [-0.05, 0) is 30.6 Å². The maximum absolute atomic E-state index is 12.0. The molecule has 104 valence electrons. The number of nitrogens with one attached hydrogen (secondary N) is 2. The minimum Gasteiger partial charge on any atom is -0.480 e. The summed E-state index contributed by atoms with van der Waals surface area (Å²) in [6.45, 7) is 0. The first-order chi connectivity index (χ1) is 9.10. The molecule has 0 aliphatic rings. The molecule has 1 atom stereocenters. The van der Waals surface area contributed by atoms with Gasteiger partial charge in [-0.1, -0.05) is 0 Å². The predicted molar refractivity (Wildman–Crippen MR) is 75.7 cm³/mol. The Kier molecular flexibility index (Phi) is 6.14. The fourth-order valence-corrected chi connectivity index (χ4v) is 1.99. The summed E-state index contributed by atoms with van der Waals surface area (Å²) in [5, 5.41) is 14.4. The summed E-state index contributed by atoms with van der Waals surface area (Å²) in [7, 11) is 1.65. The number of carbonyl (C=O) groups is 2. The van der Waals surface area contributed by atoms with E-state index in [2.05, 4.69) is 15.6 Å². The van der Waals surface area contributed by atoms with Crippen LogP contribution in [0.5, 0.6) is 0 Å². The van der Waals surface area contributed by atoms with Gasteiger partial charge in [0.1, 0.15) is 11.9 Å². The van der Waals surface area contributed by atoms with Gasteiger partial charge in [-0.3, -0.25) is 4.79 Å². The Morgan fingerprint density at radius 1 is 1.53 bits per heavy atom. The van der Waals surface area contributed by atoms with Crippen molar-refractivity contribution in [2.45, 2.75) is 12.5 Å². The van der Waals surface area contributed by atoms with Crippen LogP contribution in [0.1, 0.15) is 16.8 Å². The number of rotatable bonds is 7. The number of anilines is 1. The molecular weight excluding hydrogens is 266 g/mol. The smallest absolute Gasteiger partial charge is 0.326 e. The van der Waals surface area contributed by atoms with Crippen LogP contribution in [0.3, 0.4) is 0 Å². The van der Waals surface area contributed by atoms with Crippen molar-refractivity contribution in [2.75, 3.05) is 24.4 Å². The van der Waals surface area contributed by atoms with Gasteiger partial charge in [-0.2, -0.15) is 11.8 Å². The number of carboxylic acid groups (broad SMARTS) is 1. The lowest BCUT2D eigenvalue weighted by Gasteiger charge is -2.15. The highest BCUT2D eigenvalue weighted by molar-refractivity contribution is 7.98. The molecule has 0 aliphatic carbocycles. The number of thioether (sulfide) groups is 1. The summed E-state index contributed by atoms with van der Waals surface area (Å²) in [6, 6.07) is 2.35. The van der Waals surface area contributed by atoms with E-state index < -0.39 is 17.9 Å². The Hall–Kier alpha value is -1.76. The Balaban J connectivity index is 2.78. The maximum atomic E-state index is 12.0. The average Bonchev–Trinajstić information content (AvgIpc) is 2.42. The van der Waals surface area contributed by atoms with Crippen LogP contribution in [-0.2, 0) is 4.79 Å². The SMILES string of the molecule is CNc1ncccc1C(=O)N[C@@H](CCSC)C(=O)O. The summed E-state index contributed by atoms with van der Waals surface area (Å²) in [6.07, 6.45) is 3.84. The third kappa shape index (κ3) is 4.44. The zero-order chi connectivity index (χ0) is 14.3. The minimum absolute atomic E-state index is 0.334. The van der Waals surface area contributed by atoms with Crippen LogP contribution in [0.25, 0.3) is 0 Å². The van der Waals surface area contributed by atoms with E-state index in [0.29, 0.717) is 23.6 Å². The van der Waals surface area contributed by atoms with Crippen molar-refractivity contribution >= 4 is 29.5 Å². The van der Waals surface area contributed by atoms with Crippen molar-refractivity contribution in [2.24, 2.45) is 0 Å². The van der Waals surface area contributed by atoms with Crippen molar-refractivity contribution in [3.05, 3.63) is 23.9 Å². The number of hydrogen-bond donors (Lipinski definition) is 3. The quantitative estimate of drug-likeness (QED) is 0.693. The number of nitrogens with zero attached hydrogens (tertiary/aromatic N) is 1. The van der Waals surface area contributed by atoms with Crippen LogP contribution in [-0.4, -0.2) is 47.1 Å². The number of aromatic nitrogens is 1. The molecule has 0 saturated heterocycles. The average molecular weight is 283 g/mol. The monoisotopic (exact) mass is 283 g/mol. The molecule has 0 bridgehead atoms. The molecule has 0 saturated carbocycles. The van der Waals surface area contributed by atoms with Crippen LogP contribution >= 0.6 is 11.8 Å². The van der Waals surface area contributed by atoms with Gasteiger partial charge in [-0.25, -0.2) is 9.78 Å². The second-order valence-corrected chi connectivity index (χ2v) is 4.78. The first kappa shape index (κ1) is 15.3. The number of hydrogen-bond acceptors (Lipinski definition) is 5. The summed E-state index contributed by atoms with van der Waals surface area (Å²) in [4.78, 5) is 27.1. The van der Waals surface area contributed by atoms with Crippen molar-refractivity contribution in [1.82, 2.24) is 10.3 Å². The number of pyridine rings is 1. The molecule has 1 rings (SSSR count). The van der Waals surface area contributed by atoms with Gasteiger partial charge >= 0.3 is 5.97 Å². The highest BCUT2D eigenvalue weighted by atomic mass is 32.2. The van der Waals surface area contributed by atoms with Gasteiger partial charge in [-0.15, -0.1) is 0 Å². The van der Waals surface area contributed by atoms with Gasteiger partial charge in [0, 0.05) is 13.2 Å². The number of amides is 1. The lowest BCUT2D eigenvalue weighted by molar-refractivity contribution is -0.139. The fourth-order valence-electron chi connectivity index (χ4n) is 1.52. The first-order valence-corrected chi connectivity index (χ1v) is 7.15. The van der Waals surface area contributed by atoms with E-state index >= 15 is 0 Å². The highest BCUT2D eigenvalue weighted by Gasteiger charge is 2.21. The molecule has 1 aromatic heterocycles. The molecule has 0 aliphatic heterocycles. The standard InChI is InChI=1S/C12H17N3O3S/c1-13-10-8(4-3-6-14-10)11(16)15-9(12(17)18)5-7-19-2/h3-4,6,9H,5,7H2,1-2H3,(H,13,14)(H,15,16)(H,17,18)/t9-/m0/s1. The third-order valence-corrected chi connectivity index (χ3v) is 3.15. The van der Waals surface area contributed by atoms with E-state index in [1.165, 1.54) is 11.8 Å². The number of carbonyl (C=O) groups excluding carboxylic acids is 1. The lowest BCUT2D eigenvalue weighted by atomic mass is 10.2. The molecule has 6 nitrogen and oxygen atoms in total. The topological polar surface area (TPSA) is 91.3 Å². The third-order valence-electron chi connectivity index (χ3n) is 2.50. The van der Waals surface area contributed by atoms with Crippen LogP contribution in [0, 0.1) is 0 Å². The fraction of sp³-hybridized carbons (Fsp3) is 0.417. The van der Waals surface area contributed by atoms with Crippen molar-refractivity contribution < 1.29 is 14.7 Å². The Bertz CT molecular complexity index is 454. The molecule has 7 heteroatoms. The van der Waals surface area contributed by atoms with E-state index in [0.717, 1.165) is 0 Å². The molecule has 19 heavy (non-hydrogen) atoms. The van der Waals surface area contributed by atoms with Gasteiger partial charge in [0.2, 0.25) is 0 Å². The summed E-state index contributed by atoms with van der Waals surface area (Å²) >= 11 is 1.54. The Labute approximate surface area is 116 Å². The zero-order valence-electron chi connectivity index (χ0n) is 10.8. The molecular formula is C12H17N3O3S. The van der Waals surface area contributed by atoms with Crippen LogP contribution < -0.4 is 10.6 Å². The normalized spacial score (nSPS) is 11.7. The summed E-state index contributed by atoms with van der Waals surface area (Å²) < 4.78 is 0. The second-order valence-electron chi connectivity index (χ2n) is 3.80. The molecule has 3 N–H and O–H groups in total. The summed E-state index contributed by atoms with van der Waals surface area (Å²) in [5.41, 5.74) is 0.334. The first-order valence-electron chi connectivity index (χ1n) is 5.75. The number of aliphatic carboxylic acids is 1. The zero-order valence-corrected chi connectivity index (χ0v) is 11.7. The molecule has 1 amide bonds. The molecule has 0 fully saturated rings. The number of carboxylic acids is 1. The molecule has 1 aromatic rings. The van der Waals surface area contributed by atoms with Gasteiger partial charge in [0.05, 0.1) is 5.56 Å². The van der Waals surface area contributed by atoms with E-state index in [-0.39, 0.29) is 0 Å². The van der Waals surface area contributed by atoms with E-state index in [1.807, 2.05) is 6.26 Å². The van der Waals surface area contributed by atoms with Crippen molar-refractivity contribution in [1.29, 1.82) is 0 Å². The molecule has 0 aromatic carbocycles. The minimum atomic E-state index is -1.03. The van der Waals surface area contributed by atoms with Crippen LogP contribution in [0.2, 0.25) is 0 Å². The predicted octanol–water partition coefficient (Wildman–Crippen LogP) is 1.06. The molecule has 0 radical (unpaired) electrons. The van der Waals surface area contributed by atoms with Crippen molar-refractivity contribution in [3.63, 3.8) is 0 Å².